The van der Waals surface area contributed by atoms with Gasteiger partial charge in [0.2, 0.25) is 17.7 Å². The first-order valence-corrected chi connectivity index (χ1v) is 14.3. The van der Waals surface area contributed by atoms with Crippen molar-refractivity contribution in [1.29, 1.82) is 0 Å². The molecule has 3 atom stereocenters. The molecule has 0 spiro atoms. The van der Waals surface area contributed by atoms with Gasteiger partial charge in [-0.15, -0.1) is 0 Å². The molecular weight excluding hydrogens is 550 g/mol. The molecule has 1 saturated heterocycles. The number of nitrogens with one attached hydrogen (secondary N) is 5. The molecule has 3 aromatic rings. The van der Waals surface area contributed by atoms with Gasteiger partial charge in [0, 0.05) is 11.5 Å². The second kappa shape index (κ2) is 13.8. The van der Waals surface area contributed by atoms with Gasteiger partial charge in [-0.05, 0) is 69.0 Å². The van der Waals surface area contributed by atoms with Gasteiger partial charge in [-0.2, -0.15) is 0 Å². The molecule has 2 aromatic carbocycles. The van der Waals surface area contributed by atoms with Crippen molar-refractivity contribution in [2.24, 2.45) is 5.41 Å². The SMILES string of the molecule is CN[C@@H](C)C(=O)N[C@H](C(=O)NC(=O)[C@@H]1CCCN1)C(C)(C)Cc1cc2c(Nc3ccccc3OC)ncnc2cc1OC. The third-order valence-electron chi connectivity index (χ3n) is 7.82. The third kappa shape index (κ3) is 7.38. The summed E-state index contributed by atoms with van der Waals surface area (Å²) in [6.07, 6.45) is 3.30. The molecule has 1 aliphatic rings. The first-order valence-electron chi connectivity index (χ1n) is 14.3. The molecule has 12 nitrogen and oxygen atoms in total. The summed E-state index contributed by atoms with van der Waals surface area (Å²) >= 11 is 0. The highest BCUT2D eigenvalue weighted by molar-refractivity contribution is 6.02. The monoisotopic (exact) mass is 591 g/mol. The topological polar surface area (TPSA) is 156 Å². The van der Waals surface area contributed by atoms with E-state index >= 15 is 0 Å². The van der Waals surface area contributed by atoms with Gasteiger partial charge >= 0.3 is 0 Å². The lowest BCUT2D eigenvalue weighted by molar-refractivity contribution is -0.137. The Labute approximate surface area is 251 Å². The van der Waals surface area contributed by atoms with Crippen LogP contribution in [0.3, 0.4) is 0 Å². The van der Waals surface area contributed by atoms with Crippen molar-refractivity contribution in [3.8, 4) is 11.5 Å². The Morgan fingerprint density at radius 2 is 1.81 bits per heavy atom. The zero-order chi connectivity index (χ0) is 31.1. The lowest BCUT2D eigenvalue weighted by Gasteiger charge is -2.35. The molecular formula is C31H41N7O5. The van der Waals surface area contributed by atoms with Crippen LogP contribution in [0.15, 0.2) is 42.7 Å². The minimum absolute atomic E-state index is 0.317. The molecule has 12 heteroatoms. The Kier molecular flexibility index (Phi) is 10.1. The molecule has 3 amide bonds. The molecule has 4 rings (SSSR count). The molecule has 1 fully saturated rings. The normalized spacial score (nSPS) is 16.3. The molecule has 0 aliphatic carbocycles. The highest BCUT2D eigenvalue weighted by Crippen LogP contribution is 2.36. The molecule has 0 bridgehead atoms. The number of aromatic nitrogens is 2. The largest absolute Gasteiger partial charge is 0.496 e. The number of para-hydroxylation sites is 2. The summed E-state index contributed by atoms with van der Waals surface area (Å²) in [5.74, 6) is 0.476. The first-order chi connectivity index (χ1) is 20.6. The van der Waals surface area contributed by atoms with Crippen LogP contribution in [-0.2, 0) is 20.8 Å². The van der Waals surface area contributed by atoms with Gasteiger partial charge in [0.1, 0.15) is 29.7 Å². The quantitative estimate of drug-likeness (QED) is 0.212. The lowest BCUT2D eigenvalue weighted by Crippen LogP contribution is -2.59. The smallest absolute Gasteiger partial charge is 0.249 e. The standard InChI is InChI=1S/C31H41N7O5/c1-18(32-4)28(39)37-26(30(41)38-29(40)22-11-9-13-33-22)31(2,3)16-19-14-20-23(15-25(19)43-6)34-17-35-27(20)36-21-10-7-8-12-24(21)42-5/h7-8,10,12,14-15,17-18,22,26,32-33H,9,11,13,16H2,1-6H3,(H,37,39)(H,34,35,36)(H,38,40,41)/t18-,22-,26+/m0/s1. The first kappa shape index (κ1) is 31.6. The van der Waals surface area contributed by atoms with Crippen molar-refractivity contribution in [1.82, 2.24) is 31.2 Å². The maximum Gasteiger partial charge on any atom is 0.249 e. The minimum Gasteiger partial charge on any atom is -0.496 e. The highest BCUT2D eigenvalue weighted by Gasteiger charge is 2.39. The summed E-state index contributed by atoms with van der Waals surface area (Å²) < 4.78 is 11.2. The van der Waals surface area contributed by atoms with Crippen molar-refractivity contribution in [3.63, 3.8) is 0 Å². The van der Waals surface area contributed by atoms with E-state index in [1.165, 1.54) is 6.33 Å². The van der Waals surface area contributed by atoms with E-state index in [1.807, 2.05) is 50.2 Å². The molecule has 0 radical (unpaired) electrons. The summed E-state index contributed by atoms with van der Waals surface area (Å²) in [6, 6.07) is 9.26. The van der Waals surface area contributed by atoms with Crippen molar-refractivity contribution in [2.45, 2.75) is 58.2 Å². The number of anilines is 2. The Morgan fingerprint density at radius 3 is 2.49 bits per heavy atom. The fraction of sp³-hybridized carbons (Fsp3) is 0.452. The van der Waals surface area contributed by atoms with E-state index in [-0.39, 0.29) is 5.91 Å². The predicted molar refractivity (Wildman–Crippen MR) is 164 cm³/mol. The molecule has 43 heavy (non-hydrogen) atoms. The highest BCUT2D eigenvalue weighted by atomic mass is 16.5. The van der Waals surface area contributed by atoms with E-state index in [9.17, 15) is 14.4 Å². The van der Waals surface area contributed by atoms with E-state index in [1.54, 1.807) is 28.2 Å². The van der Waals surface area contributed by atoms with E-state index in [4.69, 9.17) is 9.47 Å². The number of amides is 3. The van der Waals surface area contributed by atoms with Crippen LogP contribution < -0.4 is 36.1 Å². The van der Waals surface area contributed by atoms with Crippen LogP contribution in [0.5, 0.6) is 11.5 Å². The number of rotatable bonds is 12. The second-order valence-electron chi connectivity index (χ2n) is 11.3. The number of fused-ring (bicyclic) bond motifs is 1. The molecule has 1 aromatic heterocycles. The maximum absolute atomic E-state index is 13.6. The van der Waals surface area contributed by atoms with Gasteiger partial charge in [-0.1, -0.05) is 26.0 Å². The predicted octanol–water partition coefficient (Wildman–Crippen LogP) is 2.45. The molecule has 5 N–H and O–H groups in total. The van der Waals surface area contributed by atoms with E-state index in [0.29, 0.717) is 35.7 Å². The number of benzene rings is 2. The third-order valence-corrected chi connectivity index (χ3v) is 7.82. The number of carbonyl (C=O) groups excluding carboxylic acids is 3. The lowest BCUT2D eigenvalue weighted by atomic mass is 9.77. The average molecular weight is 592 g/mol. The Morgan fingerprint density at radius 1 is 1.07 bits per heavy atom. The number of likely N-dealkylation sites (N-methyl/N-ethyl adjacent to an activating group) is 1. The van der Waals surface area contributed by atoms with E-state index in [2.05, 4.69) is 36.6 Å². The number of imide groups is 1. The number of carbonyl (C=O) groups is 3. The molecule has 0 unspecified atom stereocenters. The van der Waals surface area contributed by atoms with Crippen LogP contribution in [0.25, 0.3) is 10.9 Å². The fourth-order valence-electron chi connectivity index (χ4n) is 5.23. The van der Waals surface area contributed by atoms with Crippen LogP contribution >= 0.6 is 0 Å². The number of nitrogens with zero attached hydrogens (tertiary/aromatic N) is 2. The van der Waals surface area contributed by atoms with Gasteiger partial charge in [-0.3, -0.25) is 19.7 Å². The van der Waals surface area contributed by atoms with Crippen LogP contribution in [0.4, 0.5) is 11.5 Å². The number of hydrogen-bond acceptors (Lipinski definition) is 10. The summed E-state index contributed by atoms with van der Waals surface area (Å²) in [4.78, 5) is 48.4. The Hall–Kier alpha value is -4.29. The van der Waals surface area contributed by atoms with Crippen molar-refractivity contribution < 1.29 is 23.9 Å². The van der Waals surface area contributed by atoms with Crippen LogP contribution in [0, 0.1) is 5.41 Å². The summed E-state index contributed by atoms with van der Waals surface area (Å²) in [7, 11) is 4.84. The fourth-order valence-corrected chi connectivity index (χ4v) is 5.23. The zero-order valence-corrected chi connectivity index (χ0v) is 25.5. The van der Waals surface area contributed by atoms with Gasteiger partial charge < -0.3 is 30.7 Å². The van der Waals surface area contributed by atoms with Crippen LogP contribution in [0.2, 0.25) is 0 Å². The van der Waals surface area contributed by atoms with Gasteiger partial charge in [-0.25, -0.2) is 9.97 Å². The maximum atomic E-state index is 13.6. The molecule has 230 valence electrons. The summed E-state index contributed by atoms with van der Waals surface area (Å²) in [5, 5.41) is 15.5. The number of methoxy groups -OCH3 is 2. The second-order valence-corrected chi connectivity index (χ2v) is 11.3. The van der Waals surface area contributed by atoms with E-state index in [0.717, 1.165) is 29.6 Å². The van der Waals surface area contributed by atoms with Crippen molar-refractivity contribution >= 4 is 40.1 Å². The molecule has 0 saturated carbocycles. The van der Waals surface area contributed by atoms with Crippen LogP contribution in [0.1, 0.15) is 39.2 Å². The van der Waals surface area contributed by atoms with Gasteiger partial charge in [0.05, 0.1) is 37.5 Å². The Balaban J connectivity index is 1.69. The number of hydrogen-bond donors (Lipinski definition) is 5. The van der Waals surface area contributed by atoms with Gasteiger partial charge in [0.25, 0.3) is 0 Å². The molecule has 2 heterocycles. The molecule has 1 aliphatic heterocycles. The van der Waals surface area contributed by atoms with Gasteiger partial charge in [0.15, 0.2) is 0 Å². The summed E-state index contributed by atoms with van der Waals surface area (Å²) in [5.41, 5.74) is 1.31. The Bertz CT molecular complexity index is 1470. The summed E-state index contributed by atoms with van der Waals surface area (Å²) in [6.45, 7) is 6.17. The van der Waals surface area contributed by atoms with Crippen molar-refractivity contribution in [2.75, 3.05) is 33.1 Å². The number of ether oxygens (including phenoxy) is 2. The minimum atomic E-state index is -1.03. The zero-order valence-electron chi connectivity index (χ0n) is 25.5. The van der Waals surface area contributed by atoms with E-state index < -0.39 is 35.4 Å². The van der Waals surface area contributed by atoms with Crippen LogP contribution in [-0.4, -0.2) is 73.6 Å². The average Bonchev–Trinajstić information content (AvgIpc) is 3.54. The van der Waals surface area contributed by atoms with Crippen molar-refractivity contribution in [3.05, 3.63) is 48.3 Å².